The number of carbonyl (C=O) groups excluding carboxylic acids is 1. The zero-order valence-corrected chi connectivity index (χ0v) is 10.1. The van der Waals surface area contributed by atoms with Gasteiger partial charge >= 0.3 is 5.97 Å². The van der Waals surface area contributed by atoms with Crippen molar-refractivity contribution in [2.75, 3.05) is 0 Å². The molecule has 1 rings (SSSR count). The number of rotatable bonds is 4. The van der Waals surface area contributed by atoms with Gasteiger partial charge in [0, 0.05) is 5.57 Å². The molecule has 1 aromatic carbocycles. The van der Waals surface area contributed by atoms with Crippen molar-refractivity contribution in [1.29, 1.82) is 0 Å². The molecule has 0 amide bonds. The smallest absolute Gasteiger partial charge is 0.338 e. The Morgan fingerprint density at radius 1 is 1.38 bits per heavy atom. The fraction of sp³-hybridized carbons (Fsp3) is 0.357. The highest BCUT2D eigenvalue weighted by Crippen LogP contribution is 2.21. The minimum atomic E-state index is -0.365. The summed E-state index contributed by atoms with van der Waals surface area (Å²) in [4.78, 5) is 11.4. The Labute approximate surface area is 96.9 Å². The van der Waals surface area contributed by atoms with Gasteiger partial charge in [-0.3, -0.25) is 0 Å². The fourth-order valence-electron chi connectivity index (χ4n) is 1.40. The standard InChI is InChI=1S/C14H18O2/c1-10(2)9-12-7-5-6-8-13(12)16-14(15)11(3)4/h5-8,10H,3,9H2,1-2,4H3. The predicted molar refractivity (Wildman–Crippen MR) is 65.4 cm³/mol. The van der Waals surface area contributed by atoms with Crippen LogP contribution in [0.4, 0.5) is 0 Å². The van der Waals surface area contributed by atoms with Gasteiger partial charge in [-0.15, -0.1) is 0 Å². The molecule has 1 aromatic rings. The highest BCUT2D eigenvalue weighted by atomic mass is 16.5. The van der Waals surface area contributed by atoms with Crippen molar-refractivity contribution in [3.8, 4) is 5.75 Å². The summed E-state index contributed by atoms with van der Waals surface area (Å²) in [7, 11) is 0. The van der Waals surface area contributed by atoms with Gasteiger partial charge in [-0.25, -0.2) is 4.79 Å². The Kier molecular flexibility index (Phi) is 4.29. The second-order valence-electron chi connectivity index (χ2n) is 4.38. The van der Waals surface area contributed by atoms with Gasteiger partial charge in [-0.2, -0.15) is 0 Å². The lowest BCUT2D eigenvalue weighted by atomic mass is 10.0. The summed E-state index contributed by atoms with van der Waals surface area (Å²) in [6, 6.07) is 7.63. The van der Waals surface area contributed by atoms with Crippen molar-refractivity contribution in [2.24, 2.45) is 5.92 Å². The Morgan fingerprint density at radius 3 is 2.56 bits per heavy atom. The normalized spacial score (nSPS) is 10.2. The minimum absolute atomic E-state index is 0.365. The lowest BCUT2D eigenvalue weighted by molar-refractivity contribution is -0.130. The lowest BCUT2D eigenvalue weighted by Crippen LogP contribution is -2.10. The van der Waals surface area contributed by atoms with Crippen LogP contribution in [0.2, 0.25) is 0 Å². The Balaban J connectivity index is 2.86. The van der Waals surface area contributed by atoms with Crippen LogP contribution in [-0.4, -0.2) is 5.97 Å². The van der Waals surface area contributed by atoms with E-state index in [4.69, 9.17) is 4.74 Å². The highest BCUT2D eigenvalue weighted by Gasteiger charge is 2.10. The number of hydrogen-bond donors (Lipinski definition) is 0. The van der Waals surface area contributed by atoms with Crippen molar-refractivity contribution in [2.45, 2.75) is 27.2 Å². The molecular weight excluding hydrogens is 200 g/mol. The van der Waals surface area contributed by atoms with Crippen LogP contribution in [0.25, 0.3) is 0 Å². The third kappa shape index (κ3) is 3.54. The molecule has 0 spiro atoms. The molecule has 0 N–H and O–H groups in total. The zero-order valence-electron chi connectivity index (χ0n) is 10.1. The quantitative estimate of drug-likeness (QED) is 0.440. The highest BCUT2D eigenvalue weighted by molar-refractivity contribution is 5.88. The van der Waals surface area contributed by atoms with Gasteiger partial charge in [0.15, 0.2) is 0 Å². The van der Waals surface area contributed by atoms with Gasteiger partial charge in [-0.05, 0) is 30.9 Å². The first-order chi connectivity index (χ1) is 7.50. The number of para-hydroxylation sites is 1. The van der Waals surface area contributed by atoms with Crippen LogP contribution in [-0.2, 0) is 11.2 Å². The summed E-state index contributed by atoms with van der Waals surface area (Å²) in [6.07, 6.45) is 0.902. The number of esters is 1. The molecule has 0 aliphatic rings. The van der Waals surface area contributed by atoms with Gasteiger partial charge in [0.05, 0.1) is 0 Å². The summed E-state index contributed by atoms with van der Waals surface area (Å²) in [6.45, 7) is 9.49. The van der Waals surface area contributed by atoms with Crippen LogP contribution < -0.4 is 4.74 Å². The van der Waals surface area contributed by atoms with E-state index in [-0.39, 0.29) is 5.97 Å². The van der Waals surface area contributed by atoms with Gasteiger partial charge in [0.25, 0.3) is 0 Å². The monoisotopic (exact) mass is 218 g/mol. The van der Waals surface area contributed by atoms with Gasteiger partial charge < -0.3 is 4.74 Å². The van der Waals surface area contributed by atoms with Crippen LogP contribution in [0.1, 0.15) is 26.3 Å². The molecule has 0 saturated carbocycles. The Hall–Kier alpha value is -1.57. The topological polar surface area (TPSA) is 26.3 Å². The average molecular weight is 218 g/mol. The summed E-state index contributed by atoms with van der Waals surface area (Å²) in [5.41, 5.74) is 1.48. The van der Waals surface area contributed by atoms with E-state index in [1.807, 2.05) is 24.3 Å². The molecule has 2 heteroatoms. The summed E-state index contributed by atoms with van der Waals surface area (Å²) >= 11 is 0. The van der Waals surface area contributed by atoms with Gasteiger partial charge in [0.1, 0.15) is 5.75 Å². The zero-order chi connectivity index (χ0) is 12.1. The van der Waals surface area contributed by atoms with Crippen LogP contribution in [0.15, 0.2) is 36.4 Å². The molecule has 2 nitrogen and oxygen atoms in total. The molecule has 0 bridgehead atoms. The third-order valence-corrected chi connectivity index (χ3v) is 2.15. The van der Waals surface area contributed by atoms with Gasteiger partial charge in [0.2, 0.25) is 0 Å². The average Bonchev–Trinajstić information content (AvgIpc) is 2.20. The second-order valence-corrected chi connectivity index (χ2v) is 4.38. The van der Waals surface area contributed by atoms with E-state index in [2.05, 4.69) is 20.4 Å². The van der Waals surface area contributed by atoms with E-state index < -0.39 is 0 Å². The fourth-order valence-corrected chi connectivity index (χ4v) is 1.40. The number of hydrogen-bond acceptors (Lipinski definition) is 2. The minimum Gasteiger partial charge on any atom is -0.423 e. The SMILES string of the molecule is C=C(C)C(=O)Oc1ccccc1CC(C)C. The van der Waals surface area contributed by atoms with E-state index >= 15 is 0 Å². The molecular formula is C14H18O2. The molecule has 16 heavy (non-hydrogen) atoms. The molecule has 0 aliphatic heterocycles. The van der Waals surface area contributed by atoms with Crippen molar-refractivity contribution in [3.05, 3.63) is 42.0 Å². The molecule has 0 fully saturated rings. The van der Waals surface area contributed by atoms with Crippen molar-refractivity contribution in [1.82, 2.24) is 0 Å². The molecule has 0 aromatic heterocycles. The largest absolute Gasteiger partial charge is 0.423 e. The summed E-state index contributed by atoms with van der Waals surface area (Å²) in [5, 5.41) is 0. The summed E-state index contributed by atoms with van der Waals surface area (Å²) in [5.74, 6) is 0.810. The van der Waals surface area contributed by atoms with Crippen molar-refractivity contribution in [3.63, 3.8) is 0 Å². The first-order valence-electron chi connectivity index (χ1n) is 5.46. The maximum Gasteiger partial charge on any atom is 0.338 e. The third-order valence-electron chi connectivity index (χ3n) is 2.15. The number of ether oxygens (including phenoxy) is 1. The molecule has 0 saturated heterocycles. The van der Waals surface area contributed by atoms with Crippen LogP contribution in [0.5, 0.6) is 5.75 Å². The Morgan fingerprint density at radius 2 is 2.00 bits per heavy atom. The molecule has 86 valence electrons. The Bertz CT molecular complexity index is 391. The first kappa shape index (κ1) is 12.5. The van der Waals surface area contributed by atoms with Crippen molar-refractivity contribution >= 4 is 5.97 Å². The maximum atomic E-state index is 11.4. The molecule has 0 atom stereocenters. The molecule has 0 heterocycles. The van der Waals surface area contributed by atoms with Gasteiger partial charge in [-0.1, -0.05) is 38.6 Å². The summed E-state index contributed by atoms with van der Waals surface area (Å²) < 4.78 is 5.27. The maximum absolute atomic E-state index is 11.4. The van der Waals surface area contributed by atoms with E-state index in [1.165, 1.54) is 0 Å². The van der Waals surface area contributed by atoms with E-state index in [1.54, 1.807) is 6.92 Å². The van der Waals surface area contributed by atoms with E-state index in [9.17, 15) is 4.79 Å². The van der Waals surface area contributed by atoms with Crippen LogP contribution in [0.3, 0.4) is 0 Å². The molecule has 0 unspecified atom stereocenters. The van der Waals surface area contributed by atoms with Crippen molar-refractivity contribution < 1.29 is 9.53 Å². The van der Waals surface area contributed by atoms with E-state index in [0.29, 0.717) is 17.2 Å². The molecule has 0 aliphatic carbocycles. The predicted octanol–water partition coefficient (Wildman–Crippen LogP) is 3.37. The first-order valence-corrected chi connectivity index (χ1v) is 5.46. The molecule has 0 radical (unpaired) electrons. The number of benzene rings is 1. The lowest BCUT2D eigenvalue weighted by Gasteiger charge is -2.11. The number of carbonyl (C=O) groups is 1. The van der Waals surface area contributed by atoms with E-state index in [0.717, 1.165) is 12.0 Å². The second kappa shape index (κ2) is 5.50. The van der Waals surface area contributed by atoms with Crippen LogP contribution >= 0.6 is 0 Å². The van der Waals surface area contributed by atoms with Crippen LogP contribution in [0, 0.1) is 5.92 Å².